The van der Waals surface area contributed by atoms with Crippen molar-refractivity contribution in [3.63, 3.8) is 0 Å². The number of aliphatic hydroxyl groups is 2. The van der Waals surface area contributed by atoms with Crippen LogP contribution in [0.2, 0.25) is 0 Å². The number of hydrogen-bond donors (Lipinski definition) is 2. The zero-order valence-corrected chi connectivity index (χ0v) is 9.68. The van der Waals surface area contributed by atoms with E-state index in [-0.39, 0.29) is 0 Å². The van der Waals surface area contributed by atoms with E-state index in [0.29, 0.717) is 37.9 Å². The molecule has 0 bridgehead atoms. The van der Waals surface area contributed by atoms with Gasteiger partial charge in [0.15, 0.2) is 0 Å². The van der Waals surface area contributed by atoms with Gasteiger partial charge in [0, 0.05) is 24.7 Å². The average Bonchev–Trinajstić information content (AvgIpc) is 2.15. The van der Waals surface area contributed by atoms with Gasteiger partial charge < -0.3 is 19.7 Å². The Hall–Kier alpha value is 0.0600. The number of rotatable bonds is 8. The largest absolute Gasteiger partial charge is 0.381 e. The highest BCUT2D eigenvalue weighted by Crippen LogP contribution is 2.12. The third-order valence-corrected chi connectivity index (χ3v) is 3.45. The zero-order chi connectivity index (χ0) is 10.8. The molecule has 0 saturated carbocycles. The van der Waals surface area contributed by atoms with Gasteiger partial charge >= 0.3 is 0 Å². The molecule has 0 unspecified atom stereocenters. The predicted octanol–water partition coefficient (Wildman–Crippen LogP) is 1.53. The molecule has 0 atom stereocenters. The molecule has 0 fully saturated rings. The maximum absolute atomic E-state index is 8.98. The quantitative estimate of drug-likeness (QED) is 0.485. The van der Waals surface area contributed by atoms with Crippen LogP contribution in [0.4, 0.5) is 0 Å². The molecule has 0 aromatic heterocycles. The molecule has 0 rings (SSSR count). The molecular formula is C9H20O4S. The van der Waals surface area contributed by atoms with Crippen LogP contribution in [0.15, 0.2) is 0 Å². The topological polar surface area (TPSA) is 58.9 Å². The van der Waals surface area contributed by atoms with Gasteiger partial charge in [-0.05, 0) is 13.8 Å². The summed E-state index contributed by atoms with van der Waals surface area (Å²) in [5.41, 5.74) is 0. The van der Waals surface area contributed by atoms with Crippen LogP contribution < -0.4 is 0 Å². The Kier molecular flexibility index (Phi) is 9.65. The molecule has 0 amide bonds. The molecule has 86 valence electrons. The average molecular weight is 224 g/mol. The Bertz CT molecular complexity index is 154. The first-order valence-corrected chi connectivity index (χ1v) is 6.36. The van der Waals surface area contributed by atoms with Gasteiger partial charge in [-0.2, -0.15) is 0 Å². The summed E-state index contributed by atoms with van der Waals surface area (Å²) in [4.78, 5) is 0. The Morgan fingerprint density at radius 3 is 1.71 bits per heavy atom. The fourth-order valence-electron chi connectivity index (χ4n) is 0.892. The normalized spacial score (nSPS) is 10.9. The van der Waals surface area contributed by atoms with Crippen LogP contribution in [0.25, 0.3) is 0 Å². The molecule has 4 nitrogen and oxygen atoms in total. The van der Waals surface area contributed by atoms with Gasteiger partial charge in [0.2, 0.25) is 5.24 Å². The fourth-order valence-corrected chi connectivity index (χ4v) is 2.10. The van der Waals surface area contributed by atoms with Crippen LogP contribution in [0.5, 0.6) is 0 Å². The van der Waals surface area contributed by atoms with Gasteiger partial charge in [0.1, 0.15) is 0 Å². The molecule has 0 aromatic rings. The molecule has 0 aliphatic heterocycles. The third kappa shape index (κ3) is 7.46. The van der Waals surface area contributed by atoms with E-state index in [9.17, 15) is 0 Å². The Balaban J connectivity index is 3.75. The summed E-state index contributed by atoms with van der Waals surface area (Å²) in [5, 5.41) is 17.5. The second kappa shape index (κ2) is 9.61. The predicted molar refractivity (Wildman–Crippen MR) is 60.6 cm³/mol. The van der Waals surface area contributed by atoms with Gasteiger partial charge in [-0.3, -0.25) is 0 Å². The minimum absolute atomic E-state index is 0.482. The van der Waals surface area contributed by atoms with Gasteiger partial charge in [0.05, 0.1) is 13.2 Å². The lowest BCUT2D eigenvalue weighted by atomic mass is 10.8. The van der Waals surface area contributed by atoms with Crippen molar-refractivity contribution in [1.82, 2.24) is 0 Å². The van der Waals surface area contributed by atoms with Crippen LogP contribution in [0.3, 0.4) is 0 Å². The molecule has 0 aliphatic carbocycles. The van der Waals surface area contributed by atoms with Crippen LogP contribution in [-0.2, 0) is 9.47 Å². The highest BCUT2D eigenvalue weighted by molar-refractivity contribution is 8.15. The molecule has 0 saturated heterocycles. The van der Waals surface area contributed by atoms with E-state index < -0.39 is 15.7 Å². The van der Waals surface area contributed by atoms with E-state index in [1.165, 1.54) is 0 Å². The third-order valence-electron chi connectivity index (χ3n) is 1.61. The van der Waals surface area contributed by atoms with E-state index in [1.807, 2.05) is 13.8 Å². The van der Waals surface area contributed by atoms with E-state index in [2.05, 4.69) is 0 Å². The minimum Gasteiger partial charge on any atom is -0.381 e. The first-order chi connectivity index (χ1) is 6.72. The Morgan fingerprint density at radius 1 is 1.00 bits per heavy atom. The molecule has 5 heteroatoms. The maximum Gasteiger partial charge on any atom is 0.205 e. The molecule has 0 spiro atoms. The van der Waals surface area contributed by atoms with E-state index in [0.717, 1.165) is 0 Å². The van der Waals surface area contributed by atoms with Gasteiger partial charge in [-0.25, -0.2) is 0 Å². The van der Waals surface area contributed by atoms with Crippen molar-refractivity contribution in [2.45, 2.75) is 13.8 Å². The van der Waals surface area contributed by atoms with Crippen molar-refractivity contribution in [3.8, 4) is 0 Å². The van der Waals surface area contributed by atoms with Gasteiger partial charge in [0.25, 0.3) is 0 Å². The van der Waals surface area contributed by atoms with Crippen molar-refractivity contribution in [1.29, 1.82) is 0 Å². The zero-order valence-electron chi connectivity index (χ0n) is 8.86. The first-order valence-electron chi connectivity index (χ1n) is 4.80. The highest BCUT2D eigenvalue weighted by atomic mass is 32.2. The van der Waals surface area contributed by atoms with Gasteiger partial charge in [-0.1, -0.05) is 0 Å². The first kappa shape index (κ1) is 14.1. The van der Waals surface area contributed by atoms with Crippen molar-refractivity contribution in [2.75, 3.05) is 37.9 Å². The molecule has 0 radical (unpaired) electrons. The molecule has 0 aromatic carbocycles. The maximum atomic E-state index is 8.98. The summed E-state index contributed by atoms with van der Waals surface area (Å²) in [6.07, 6.45) is 0. The second-order valence-electron chi connectivity index (χ2n) is 2.58. The van der Waals surface area contributed by atoms with E-state index >= 15 is 0 Å². The lowest BCUT2D eigenvalue weighted by Crippen LogP contribution is -2.08. The summed E-state index contributed by atoms with van der Waals surface area (Å²) in [5.74, 6) is 1.31. The molecular weight excluding hydrogens is 204 g/mol. The number of hydrogen-bond acceptors (Lipinski definition) is 2. The Labute approximate surface area is 87.8 Å². The summed E-state index contributed by atoms with van der Waals surface area (Å²) in [6, 6.07) is 0. The molecule has 0 heterocycles. The smallest absolute Gasteiger partial charge is 0.205 e. The van der Waals surface area contributed by atoms with Crippen LogP contribution in [0, 0.1) is 0 Å². The fraction of sp³-hybridized carbons (Fsp3) is 0.889. The van der Waals surface area contributed by atoms with Crippen LogP contribution >= 0.6 is 10.5 Å². The molecule has 14 heavy (non-hydrogen) atoms. The summed E-state index contributed by atoms with van der Waals surface area (Å²) < 4.78 is 10.3. The monoisotopic (exact) mass is 224 g/mol. The SMILES string of the molecule is CCOCCS(CCOCC)=C(O)O. The molecule has 0 aliphatic rings. The standard InChI is InChI=1S/C9H20O4S/c1-3-12-5-7-14(9(10)11)8-6-13-4-2/h10-11H,3-8H2,1-2H3. The van der Waals surface area contributed by atoms with E-state index in [1.54, 1.807) is 0 Å². The summed E-state index contributed by atoms with van der Waals surface area (Å²) >= 11 is 0. The van der Waals surface area contributed by atoms with Crippen molar-refractivity contribution >= 4 is 15.7 Å². The van der Waals surface area contributed by atoms with E-state index in [4.69, 9.17) is 19.7 Å². The van der Waals surface area contributed by atoms with Crippen molar-refractivity contribution < 1.29 is 19.7 Å². The second-order valence-corrected chi connectivity index (χ2v) is 4.74. The minimum atomic E-state index is -0.501. The highest BCUT2D eigenvalue weighted by Gasteiger charge is 2.01. The van der Waals surface area contributed by atoms with Crippen LogP contribution in [0.1, 0.15) is 13.8 Å². The number of ether oxygens (including phenoxy) is 2. The van der Waals surface area contributed by atoms with Crippen molar-refractivity contribution in [2.24, 2.45) is 0 Å². The summed E-state index contributed by atoms with van der Waals surface area (Å²) in [6.45, 7) is 6.29. The molecule has 2 N–H and O–H groups in total. The number of aliphatic hydroxyl groups excluding tert-OH is 1. The van der Waals surface area contributed by atoms with Gasteiger partial charge in [-0.15, -0.1) is 10.5 Å². The van der Waals surface area contributed by atoms with Crippen molar-refractivity contribution in [3.05, 3.63) is 0 Å². The summed E-state index contributed by atoms with van der Waals surface area (Å²) in [7, 11) is -0.501. The lowest BCUT2D eigenvalue weighted by molar-refractivity contribution is 0.161. The van der Waals surface area contributed by atoms with Crippen LogP contribution in [-0.4, -0.2) is 53.4 Å². The lowest BCUT2D eigenvalue weighted by Gasteiger charge is -2.09. The Morgan fingerprint density at radius 2 is 1.43 bits per heavy atom.